The van der Waals surface area contributed by atoms with Crippen molar-refractivity contribution in [2.24, 2.45) is 0 Å². The molecule has 0 aliphatic rings. The average molecular weight is 264 g/mol. The number of hydrogen-bond acceptors (Lipinski definition) is 4. The van der Waals surface area contributed by atoms with E-state index in [2.05, 4.69) is 10.3 Å². The van der Waals surface area contributed by atoms with Crippen molar-refractivity contribution in [3.63, 3.8) is 0 Å². The first-order chi connectivity index (χ1) is 8.56. The summed E-state index contributed by atoms with van der Waals surface area (Å²) in [5.74, 6) is -0.951. The maximum Gasteiger partial charge on any atom is 0.257 e. The van der Waals surface area contributed by atoms with Gasteiger partial charge in [0.15, 0.2) is 10.9 Å². The molecule has 2 rings (SSSR count). The van der Waals surface area contributed by atoms with E-state index in [0.717, 1.165) is 0 Å². The fourth-order valence-corrected chi connectivity index (χ4v) is 2.01. The van der Waals surface area contributed by atoms with Crippen molar-refractivity contribution in [1.82, 2.24) is 4.98 Å². The fraction of sp³-hybridized carbons (Fsp3) is 0.0833. The maximum atomic E-state index is 12.7. The van der Waals surface area contributed by atoms with Crippen LogP contribution in [-0.4, -0.2) is 16.7 Å². The van der Waals surface area contributed by atoms with Gasteiger partial charge >= 0.3 is 0 Å². The van der Waals surface area contributed by atoms with E-state index in [4.69, 9.17) is 0 Å². The Morgan fingerprint density at radius 3 is 2.50 bits per heavy atom. The van der Waals surface area contributed by atoms with Gasteiger partial charge in [0.25, 0.3) is 5.91 Å². The van der Waals surface area contributed by atoms with Crippen LogP contribution < -0.4 is 5.32 Å². The van der Waals surface area contributed by atoms with Crippen LogP contribution in [-0.2, 0) is 0 Å². The summed E-state index contributed by atoms with van der Waals surface area (Å²) in [7, 11) is 0. The molecule has 0 atom stereocenters. The van der Waals surface area contributed by atoms with Gasteiger partial charge < -0.3 is 0 Å². The van der Waals surface area contributed by atoms with Gasteiger partial charge in [-0.15, -0.1) is 11.3 Å². The Labute approximate surface area is 106 Å². The van der Waals surface area contributed by atoms with Gasteiger partial charge in [-0.3, -0.25) is 14.9 Å². The summed E-state index contributed by atoms with van der Waals surface area (Å²) < 4.78 is 12.7. The summed E-state index contributed by atoms with van der Waals surface area (Å²) in [6.07, 6.45) is 0. The molecule has 1 aromatic carbocycles. The summed E-state index contributed by atoms with van der Waals surface area (Å²) in [5, 5.41) is 4.46. The Morgan fingerprint density at radius 2 is 1.94 bits per heavy atom. The summed E-state index contributed by atoms with van der Waals surface area (Å²) >= 11 is 1.17. The van der Waals surface area contributed by atoms with Crippen LogP contribution in [0.1, 0.15) is 27.8 Å². The molecule has 1 heterocycles. The second-order valence-corrected chi connectivity index (χ2v) is 4.41. The average Bonchev–Trinajstić information content (AvgIpc) is 2.78. The predicted octanol–water partition coefficient (Wildman–Crippen LogP) is 2.74. The molecule has 0 unspecified atom stereocenters. The molecular weight excluding hydrogens is 255 g/mol. The van der Waals surface area contributed by atoms with E-state index >= 15 is 0 Å². The van der Waals surface area contributed by atoms with E-state index in [1.165, 1.54) is 42.5 Å². The standard InChI is InChI=1S/C12H9FN2O2S/c1-7(16)10-6-18-12(14-10)15-11(17)8-2-4-9(13)5-3-8/h2-6H,1H3,(H,14,15,17). The molecule has 0 aliphatic carbocycles. The molecule has 0 radical (unpaired) electrons. The third-order valence-corrected chi connectivity index (χ3v) is 2.95. The van der Waals surface area contributed by atoms with E-state index in [1.807, 2.05) is 0 Å². The minimum absolute atomic E-state index is 0.159. The molecule has 0 spiro atoms. The largest absolute Gasteiger partial charge is 0.298 e. The molecule has 0 saturated heterocycles. The number of nitrogens with one attached hydrogen (secondary N) is 1. The van der Waals surface area contributed by atoms with Gasteiger partial charge in [-0.05, 0) is 24.3 Å². The first-order valence-electron chi connectivity index (χ1n) is 5.09. The Balaban J connectivity index is 2.11. The zero-order chi connectivity index (χ0) is 13.1. The molecule has 0 aliphatic heterocycles. The zero-order valence-electron chi connectivity index (χ0n) is 9.44. The highest BCUT2D eigenvalue weighted by molar-refractivity contribution is 7.14. The molecule has 0 saturated carbocycles. The lowest BCUT2D eigenvalue weighted by molar-refractivity contribution is 0.100. The summed E-state index contributed by atoms with van der Waals surface area (Å²) in [5.41, 5.74) is 0.644. The van der Waals surface area contributed by atoms with E-state index in [0.29, 0.717) is 16.4 Å². The lowest BCUT2D eigenvalue weighted by atomic mass is 10.2. The van der Waals surface area contributed by atoms with Crippen LogP contribution in [0.3, 0.4) is 0 Å². The number of hydrogen-bond donors (Lipinski definition) is 1. The third kappa shape index (κ3) is 2.78. The molecule has 1 aromatic heterocycles. The van der Waals surface area contributed by atoms with Gasteiger partial charge in [-0.2, -0.15) is 0 Å². The molecule has 92 valence electrons. The molecule has 6 heteroatoms. The quantitative estimate of drug-likeness (QED) is 0.867. The number of anilines is 1. The number of carbonyl (C=O) groups is 2. The molecule has 0 fully saturated rings. The van der Waals surface area contributed by atoms with Gasteiger partial charge in [0.05, 0.1) is 0 Å². The Hall–Kier alpha value is -2.08. The number of nitrogens with zero attached hydrogens (tertiary/aromatic N) is 1. The zero-order valence-corrected chi connectivity index (χ0v) is 10.3. The van der Waals surface area contributed by atoms with Gasteiger partial charge in [-0.25, -0.2) is 9.37 Å². The van der Waals surface area contributed by atoms with Crippen molar-refractivity contribution >= 4 is 28.2 Å². The van der Waals surface area contributed by atoms with E-state index < -0.39 is 5.82 Å². The monoisotopic (exact) mass is 264 g/mol. The van der Waals surface area contributed by atoms with Crippen molar-refractivity contribution in [2.45, 2.75) is 6.92 Å². The van der Waals surface area contributed by atoms with Gasteiger partial charge in [0.1, 0.15) is 11.5 Å². The van der Waals surface area contributed by atoms with Crippen LogP contribution in [0.2, 0.25) is 0 Å². The number of amides is 1. The Bertz CT molecular complexity index is 592. The summed E-state index contributed by atoms with van der Waals surface area (Å²) in [6.45, 7) is 1.40. The lowest BCUT2D eigenvalue weighted by Crippen LogP contribution is -2.11. The second kappa shape index (κ2) is 5.05. The number of thiazole rings is 1. The highest BCUT2D eigenvalue weighted by Crippen LogP contribution is 2.16. The van der Waals surface area contributed by atoms with Gasteiger partial charge in [-0.1, -0.05) is 0 Å². The van der Waals surface area contributed by atoms with E-state index in [1.54, 1.807) is 5.38 Å². The van der Waals surface area contributed by atoms with Crippen molar-refractivity contribution in [3.05, 3.63) is 46.7 Å². The van der Waals surface area contributed by atoms with Crippen molar-refractivity contribution < 1.29 is 14.0 Å². The molecule has 18 heavy (non-hydrogen) atoms. The Morgan fingerprint density at radius 1 is 1.28 bits per heavy atom. The van der Waals surface area contributed by atoms with Crippen LogP contribution >= 0.6 is 11.3 Å². The summed E-state index contributed by atoms with van der Waals surface area (Å²) in [6, 6.07) is 5.17. The molecule has 2 aromatic rings. The number of Topliss-reactive ketones (excluding diaryl/α,β-unsaturated/α-hetero) is 1. The first-order valence-corrected chi connectivity index (χ1v) is 5.97. The number of aromatic nitrogens is 1. The first kappa shape index (κ1) is 12.4. The lowest BCUT2D eigenvalue weighted by Gasteiger charge is -2.00. The second-order valence-electron chi connectivity index (χ2n) is 3.56. The minimum Gasteiger partial charge on any atom is -0.298 e. The van der Waals surface area contributed by atoms with Gasteiger partial charge in [0.2, 0.25) is 0 Å². The number of rotatable bonds is 3. The SMILES string of the molecule is CC(=O)c1csc(NC(=O)c2ccc(F)cc2)n1. The predicted molar refractivity (Wildman–Crippen MR) is 66.5 cm³/mol. The van der Waals surface area contributed by atoms with Crippen LogP contribution in [0.4, 0.5) is 9.52 Å². The maximum absolute atomic E-state index is 12.7. The minimum atomic E-state index is -0.403. The van der Waals surface area contributed by atoms with Crippen LogP contribution in [0.5, 0.6) is 0 Å². The fourth-order valence-electron chi connectivity index (χ4n) is 1.26. The van der Waals surface area contributed by atoms with Crippen molar-refractivity contribution in [2.75, 3.05) is 5.32 Å². The van der Waals surface area contributed by atoms with E-state index in [9.17, 15) is 14.0 Å². The van der Waals surface area contributed by atoms with Crippen LogP contribution in [0, 0.1) is 5.82 Å². The molecule has 4 nitrogen and oxygen atoms in total. The van der Waals surface area contributed by atoms with Crippen LogP contribution in [0.15, 0.2) is 29.6 Å². The third-order valence-electron chi connectivity index (χ3n) is 2.19. The number of carbonyl (C=O) groups excluding carboxylic acids is 2. The number of halogens is 1. The molecular formula is C12H9FN2O2S. The highest BCUT2D eigenvalue weighted by Gasteiger charge is 2.10. The summed E-state index contributed by atoms with van der Waals surface area (Å²) in [4.78, 5) is 26.8. The topological polar surface area (TPSA) is 59.1 Å². The van der Waals surface area contributed by atoms with Crippen molar-refractivity contribution in [1.29, 1.82) is 0 Å². The van der Waals surface area contributed by atoms with Crippen LogP contribution in [0.25, 0.3) is 0 Å². The normalized spacial score (nSPS) is 10.1. The molecule has 1 amide bonds. The number of benzene rings is 1. The van der Waals surface area contributed by atoms with E-state index in [-0.39, 0.29) is 11.7 Å². The van der Waals surface area contributed by atoms with Gasteiger partial charge in [0, 0.05) is 17.9 Å². The molecule has 1 N–H and O–H groups in total. The Kier molecular flexibility index (Phi) is 3.47. The van der Waals surface area contributed by atoms with Crippen molar-refractivity contribution in [3.8, 4) is 0 Å². The smallest absolute Gasteiger partial charge is 0.257 e. The highest BCUT2D eigenvalue weighted by atomic mass is 32.1. The molecule has 0 bridgehead atoms. The number of ketones is 1.